The second kappa shape index (κ2) is 8.85. The van der Waals surface area contributed by atoms with E-state index < -0.39 is 0 Å². The zero-order valence-electron chi connectivity index (χ0n) is 16.7. The van der Waals surface area contributed by atoms with E-state index in [1.54, 1.807) is 4.57 Å². The third-order valence-electron chi connectivity index (χ3n) is 4.79. The summed E-state index contributed by atoms with van der Waals surface area (Å²) in [4.78, 5) is 30.3. The number of thioether (sulfide) groups is 1. The van der Waals surface area contributed by atoms with E-state index in [4.69, 9.17) is 0 Å². The number of fused-ring (bicyclic) bond motifs is 1. The minimum atomic E-state index is -0.122. The Labute approximate surface area is 182 Å². The third-order valence-corrected chi connectivity index (χ3v) is 6.66. The van der Waals surface area contributed by atoms with E-state index in [-0.39, 0.29) is 17.2 Å². The van der Waals surface area contributed by atoms with E-state index in [1.807, 2.05) is 73.8 Å². The summed E-state index contributed by atoms with van der Waals surface area (Å²) in [5, 5.41) is 5.41. The SMILES string of the molecule is Cc1cccc(C)c1NC(=O)CSc1nc2ccsc2c(=O)n1Cc1ccccc1. The highest BCUT2D eigenvalue weighted by molar-refractivity contribution is 7.99. The molecule has 0 bridgehead atoms. The first-order chi connectivity index (χ1) is 14.5. The highest BCUT2D eigenvalue weighted by atomic mass is 32.2. The van der Waals surface area contributed by atoms with Crippen LogP contribution in [0.25, 0.3) is 10.2 Å². The maximum absolute atomic E-state index is 13.1. The van der Waals surface area contributed by atoms with Crippen LogP contribution >= 0.6 is 23.1 Å². The van der Waals surface area contributed by atoms with Crippen LogP contribution in [-0.2, 0) is 11.3 Å². The third kappa shape index (κ3) is 4.32. The van der Waals surface area contributed by atoms with Gasteiger partial charge in [-0.05, 0) is 42.0 Å². The van der Waals surface area contributed by atoms with E-state index in [1.165, 1.54) is 23.1 Å². The van der Waals surface area contributed by atoms with Crippen LogP contribution in [-0.4, -0.2) is 21.2 Å². The van der Waals surface area contributed by atoms with Gasteiger partial charge in [0.25, 0.3) is 5.56 Å². The molecule has 0 spiro atoms. The Hall–Kier alpha value is -2.90. The average molecular weight is 436 g/mol. The molecule has 0 aliphatic carbocycles. The maximum Gasteiger partial charge on any atom is 0.272 e. The van der Waals surface area contributed by atoms with Crippen LogP contribution in [0.4, 0.5) is 5.69 Å². The maximum atomic E-state index is 13.1. The molecule has 2 aromatic carbocycles. The summed E-state index contributed by atoms with van der Waals surface area (Å²) in [5.74, 6) is 0.0494. The van der Waals surface area contributed by atoms with Crippen molar-refractivity contribution in [2.24, 2.45) is 0 Å². The molecule has 0 atom stereocenters. The summed E-state index contributed by atoms with van der Waals surface area (Å²) in [5.41, 5.74) is 4.49. The molecule has 4 rings (SSSR count). The lowest BCUT2D eigenvalue weighted by Crippen LogP contribution is -2.24. The lowest BCUT2D eigenvalue weighted by molar-refractivity contribution is -0.113. The number of hydrogen-bond donors (Lipinski definition) is 1. The number of carbonyl (C=O) groups excluding carboxylic acids is 1. The fourth-order valence-electron chi connectivity index (χ4n) is 3.26. The van der Waals surface area contributed by atoms with Crippen LogP contribution in [0.2, 0.25) is 0 Å². The second-order valence-corrected chi connectivity index (χ2v) is 8.87. The van der Waals surface area contributed by atoms with Gasteiger partial charge in [-0.25, -0.2) is 4.98 Å². The molecule has 30 heavy (non-hydrogen) atoms. The largest absolute Gasteiger partial charge is 0.325 e. The molecule has 1 amide bonds. The van der Waals surface area contributed by atoms with Crippen LogP contribution in [0.15, 0.2) is 69.9 Å². The van der Waals surface area contributed by atoms with Crippen molar-refractivity contribution in [3.8, 4) is 0 Å². The smallest absolute Gasteiger partial charge is 0.272 e. The Morgan fingerprint density at radius 2 is 1.80 bits per heavy atom. The molecule has 7 heteroatoms. The van der Waals surface area contributed by atoms with Gasteiger partial charge in [0.05, 0.1) is 17.8 Å². The highest BCUT2D eigenvalue weighted by Gasteiger charge is 2.15. The van der Waals surface area contributed by atoms with E-state index in [9.17, 15) is 9.59 Å². The molecule has 152 valence electrons. The molecule has 1 N–H and O–H groups in total. The van der Waals surface area contributed by atoms with Crippen molar-refractivity contribution in [1.29, 1.82) is 0 Å². The first kappa shape index (κ1) is 20.4. The van der Waals surface area contributed by atoms with Gasteiger partial charge in [-0.1, -0.05) is 60.3 Å². The van der Waals surface area contributed by atoms with Crippen molar-refractivity contribution < 1.29 is 4.79 Å². The van der Waals surface area contributed by atoms with Crippen molar-refractivity contribution in [3.63, 3.8) is 0 Å². The summed E-state index contributed by atoms with van der Waals surface area (Å²) in [6.45, 7) is 4.36. The molecule has 4 aromatic rings. The minimum Gasteiger partial charge on any atom is -0.325 e. The normalized spacial score (nSPS) is 11.0. The number of anilines is 1. The first-order valence-electron chi connectivity index (χ1n) is 9.54. The number of rotatable bonds is 6. The number of aromatic nitrogens is 2. The molecule has 0 aliphatic heterocycles. The number of amides is 1. The van der Waals surface area contributed by atoms with Crippen LogP contribution < -0.4 is 10.9 Å². The fraction of sp³-hybridized carbons (Fsp3) is 0.174. The number of nitrogens with one attached hydrogen (secondary N) is 1. The molecule has 2 heterocycles. The van der Waals surface area contributed by atoms with Gasteiger partial charge in [0.15, 0.2) is 5.16 Å². The number of thiophene rings is 1. The number of nitrogens with zero attached hydrogens (tertiary/aromatic N) is 2. The highest BCUT2D eigenvalue weighted by Crippen LogP contribution is 2.23. The van der Waals surface area contributed by atoms with Crippen LogP contribution in [0.5, 0.6) is 0 Å². The van der Waals surface area contributed by atoms with E-state index in [0.717, 1.165) is 22.4 Å². The molecule has 0 saturated heterocycles. The van der Waals surface area contributed by atoms with Gasteiger partial charge in [-0.2, -0.15) is 0 Å². The Kier molecular flexibility index (Phi) is 6.01. The monoisotopic (exact) mass is 435 g/mol. The lowest BCUT2D eigenvalue weighted by atomic mass is 10.1. The van der Waals surface area contributed by atoms with Gasteiger partial charge in [0, 0.05) is 5.69 Å². The average Bonchev–Trinajstić information content (AvgIpc) is 3.21. The van der Waals surface area contributed by atoms with Gasteiger partial charge in [0.1, 0.15) is 4.70 Å². The van der Waals surface area contributed by atoms with Crippen LogP contribution in [0.3, 0.4) is 0 Å². The molecule has 0 fully saturated rings. The Balaban J connectivity index is 1.59. The quantitative estimate of drug-likeness (QED) is 0.347. The lowest BCUT2D eigenvalue weighted by Gasteiger charge is -2.13. The fourth-order valence-corrected chi connectivity index (χ4v) is 4.83. The molecular weight excluding hydrogens is 414 g/mol. The molecular formula is C23H21N3O2S2. The predicted molar refractivity (Wildman–Crippen MR) is 125 cm³/mol. The summed E-state index contributed by atoms with van der Waals surface area (Å²) >= 11 is 2.67. The zero-order valence-corrected chi connectivity index (χ0v) is 18.3. The molecule has 0 radical (unpaired) electrons. The molecule has 0 saturated carbocycles. The zero-order chi connectivity index (χ0) is 21.1. The molecule has 0 unspecified atom stereocenters. The molecule has 0 aliphatic rings. The van der Waals surface area contributed by atoms with E-state index in [2.05, 4.69) is 10.3 Å². The van der Waals surface area contributed by atoms with Crippen LogP contribution in [0, 0.1) is 13.8 Å². The number of aryl methyl sites for hydroxylation is 2. The van der Waals surface area contributed by atoms with Crippen molar-refractivity contribution >= 4 is 44.9 Å². The van der Waals surface area contributed by atoms with Crippen LogP contribution in [0.1, 0.15) is 16.7 Å². The van der Waals surface area contributed by atoms with Gasteiger partial charge in [-0.15, -0.1) is 11.3 Å². The second-order valence-electron chi connectivity index (χ2n) is 7.01. The number of hydrogen-bond acceptors (Lipinski definition) is 5. The van der Waals surface area contributed by atoms with Gasteiger partial charge in [0.2, 0.25) is 5.91 Å². The Morgan fingerprint density at radius 1 is 1.07 bits per heavy atom. The molecule has 2 aromatic heterocycles. The number of para-hydroxylation sites is 1. The van der Waals surface area contributed by atoms with E-state index in [0.29, 0.717) is 21.9 Å². The van der Waals surface area contributed by atoms with Crippen molar-refractivity contribution in [3.05, 3.63) is 87.0 Å². The molecule has 5 nitrogen and oxygen atoms in total. The number of carbonyl (C=O) groups is 1. The topological polar surface area (TPSA) is 64.0 Å². The van der Waals surface area contributed by atoms with Gasteiger partial charge in [-0.3, -0.25) is 14.2 Å². The summed E-state index contributed by atoms with van der Waals surface area (Å²) in [6, 6.07) is 17.6. The number of benzene rings is 2. The Morgan fingerprint density at radius 3 is 2.53 bits per heavy atom. The predicted octanol–water partition coefficient (Wildman–Crippen LogP) is 4.85. The summed E-state index contributed by atoms with van der Waals surface area (Å²) in [7, 11) is 0. The Bertz CT molecular complexity index is 1240. The van der Waals surface area contributed by atoms with Crippen molar-refractivity contribution in [1.82, 2.24) is 9.55 Å². The van der Waals surface area contributed by atoms with Crippen molar-refractivity contribution in [2.75, 3.05) is 11.1 Å². The first-order valence-corrected chi connectivity index (χ1v) is 11.4. The summed E-state index contributed by atoms with van der Waals surface area (Å²) in [6.07, 6.45) is 0. The van der Waals surface area contributed by atoms with Crippen molar-refractivity contribution in [2.45, 2.75) is 25.5 Å². The van der Waals surface area contributed by atoms with Gasteiger partial charge >= 0.3 is 0 Å². The standard InChI is InChI=1S/C23H21N3O2S2/c1-15-7-6-8-16(2)20(15)25-19(27)14-30-23-24-18-11-12-29-21(18)22(28)26(23)13-17-9-4-3-5-10-17/h3-12H,13-14H2,1-2H3,(H,25,27). The minimum absolute atomic E-state index is 0.0727. The van der Waals surface area contributed by atoms with E-state index >= 15 is 0 Å². The summed E-state index contributed by atoms with van der Waals surface area (Å²) < 4.78 is 2.29. The van der Waals surface area contributed by atoms with Gasteiger partial charge < -0.3 is 5.32 Å².